The molecule has 3 aromatic carbocycles. The fourth-order valence-electron chi connectivity index (χ4n) is 3.32. The van der Waals surface area contributed by atoms with Gasteiger partial charge in [-0.05, 0) is 0 Å². The monoisotopic (exact) mass is 441 g/mol. The Morgan fingerprint density at radius 1 is 0.867 bits per heavy atom. The van der Waals surface area contributed by atoms with E-state index in [0.29, 0.717) is 0 Å². The predicted molar refractivity (Wildman–Crippen MR) is 126 cm³/mol. The molecular weight excluding hydrogens is 413 g/mol. The van der Waals surface area contributed by atoms with Crippen LogP contribution in [0.15, 0.2) is 85.1 Å². The predicted octanol–water partition coefficient (Wildman–Crippen LogP) is 7.10. The third-order valence-corrected chi connectivity index (χ3v) is 5.48. The van der Waals surface area contributed by atoms with Gasteiger partial charge in [-0.1, -0.05) is 0 Å². The van der Waals surface area contributed by atoms with Crippen molar-refractivity contribution in [2.24, 2.45) is 0 Å². The normalized spacial score (nSPS) is 10.9. The van der Waals surface area contributed by atoms with Crippen LogP contribution in [-0.2, 0) is 15.0 Å². The number of ether oxygens (including phenoxy) is 1. The van der Waals surface area contributed by atoms with Gasteiger partial charge in [0.1, 0.15) is 0 Å². The maximum absolute atomic E-state index is 5.59. The van der Waals surface area contributed by atoms with Crippen LogP contribution in [0.3, 0.4) is 0 Å². The van der Waals surface area contributed by atoms with Crippen molar-refractivity contribution < 1.29 is 19.8 Å². The SMILES string of the molecule is CCCCC[C](=[Ni])N(C=Cc1ccc(-c2ccccc2)cc1)c1ccccc1OC. The van der Waals surface area contributed by atoms with E-state index in [1.165, 1.54) is 24.0 Å². The summed E-state index contributed by atoms with van der Waals surface area (Å²) in [5, 5.41) is 0. The van der Waals surface area contributed by atoms with Crippen LogP contribution in [0.4, 0.5) is 5.69 Å². The number of unbranched alkanes of at least 4 members (excludes halogenated alkanes) is 2. The van der Waals surface area contributed by atoms with E-state index in [4.69, 9.17) is 19.8 Å². The Balaban J connectivity index is 1.83. The van der Waals surface area contributed by atoms with Crippen molar-refractivity contribution in [2.45, 2.75) is 32.6 Å². The molecule has 30 heavy (non-hydrogen) atoms. The first kappa shape index (κ1) is 22.1. The molecule has 0 fully saturated rings. The van der Waals surface area contributed by atoms with Crippen molar-refractivity contribution in [3.63, 3.8) is 0 Å². The Kier molecular flexibility index (Phi) is 8.47. The van der Waals surface area contributed by atoms with Gasteiger partial charge < -0.3 is 0 Å². The minimum atomic E-state index is 0.826. The van der Waals surface area contributed by atoms with E-state index in [1.807, 2.05) is 24.3 Å². The first-order valence-electron chi connectivity index (χ1n) is 10.5. The zero-order valence-corrected chi connectivity index (χ0v) is 18.6. The molecule has 3 rings (SSSR count). The standard InChI is InChI=1S/C27H29NO.Ni/c1-3-4-5-11-21-28(26-14-9-10-15-27(26)29-2)22-20-23-16-18-25(19-17-23)24-12-7-6-8-13-24;/h6-10,12-20,22H,3-5,11H2,1-2H3;. The second-order valence-corrected chi connectivity index (χ2v) is 7.71. The van der Waals surface area contributed by atoms with Crippen molar-refractivity contribution in [1.82, 2.24) is 0 Å². The van der Waals surface area contributed by atoms with Crippen molar-refractivity contribution in [2.75, 3.05) is 12.0 Å². The summed E-state index contributed by atoms with van der Waals surface area (Å²) in [6.45, 7) is 2.21. The molecule has 0 saturated carbocycles. The number of methoxy groups -OCH3 is 1. The molecule has 0 aliphatic heterocycles. The summed E-state index contributed by atoms with van der Waals surface area (Å²) in [5.41, 5.74) is 4.56. The van der Waals surface area contributed by atoms with Gasteiger partial charge in [-0.3, -0.25) is 0 Å². The van der Waals surface area contributed by atoms with Crippen LogP contribution in [-0.4, -0.2) is 11.7 Å². The van der Waals surface area contributed by atoms with Crippen LogP contribution < -0.4 is 9.64 Å². The number of anilines is 1. The van der Waals surface area contributed by atoms with Crippen LogP contribution in [0.2, 0.25) is 0 Å². The zero-order chi connectivity index (χ0) is 21.2. The van der Waals surface area contributed by atoms with Gasteiger partial charge in [0.05, 0.1) is 0 Å². The Morgan fingerprint density at radius 2 is 1.53 bits per heavy atom. The van der Waals surface area contributed by atoms with Crippen LogP contribution in [0.5, 0.6) is 5.75 Å². The summed E-state index contributed by atoms with van der Waals surface area (Å²) >= 11 is 5.44. The Morgan fingerprint density at radius 3 is 2.23 bits per heavy atom. The fraction of sp³-hybridized carbons (Fsp3) is 0.222. The van der Waals surface area contributed by atoms with Crippen LogP contribution in [0, 0.1) is 0 Å². The van der Waals surface area contributed by atoms with Gasteiger partial charge >= 0.3 is 188 Å². The first-order valence-corrected chi connectivity index (χ1v) is 11.0. The van der Waals surface area contributed by atoms with E-state index in [2.05, 4.69) is 78.7 Å². The number of hydrogen-bond acceptors (Lipinski definition) is 2. The van der Waals surface area contributed by atoms with E-state index in [9.17, 15) is 0 Å². The van der Waals surface area contributed by atoms with Crippen LogP contribution in [0.1, 0.15) is 38.2 Å². The summed E-state index contributed by atoms with van der Waals surface area (Å²) in [5.74, 6) is 0.826. The molecule has 0 N–H and O–H groups in total. The second kappa shape index (κ2) is 11.5. The molecule has 0 amide bonds. The Bertz CT molecular complexity index is 964. The topological polar surface area (TPSA) is 12.5 Å². The quantitative estimate of drug-likeness (QED) is 0.245. The fourth-order valence-corrected chi connectivity index (χ4v) is 3.68. The van der Waals surface area contributed by atoms with Crippen LogP contribution in [0.25, 0.3) is 17.2 Å². The van der Waals surface area contributed by atoms with Crippen molar-refractivity contribution >= 4 is 16.4 Å². The molecule has 0 saturated heterocycles. The van der Waals surface area contributed by atoms with E-state index in [-0.39, 0.29) is 0 Å². The van der Waals surface area contributed by atoms with Gasteiger partial charge in [0.25, 0.3) is 0 Å². The van der Waals surface area contributed by atoms with Gasteiger partial charge in [-0.25, -0.2) is 0 Å². The van der Waals surface area contributed by atoms with Crippen molar-refractivity contribution in [1.29, 1.82) is 0 Å². The first-order chi connectivity index (χ1) is 14.7. The molecule has 0 radical (unpaired) electrons. The summed E-state index contributed by atoms with van der Waals surface area (Å²) in [6.07, 6.45) is 8.57. The molecule has 0 bridgehead atoms. The minimum absolute atomic E-state index is 0.826. The number of hydrogen-bond donors (Lipinski definition) is 0. The van der Waals surface area contributed by atoms with E-state index in [0.717, 1.165) is 34.5 Å². The zero-order valence-electron chi connectivity index (χ0n) is 17.7. The molecule has 0 aliphatic carbocycles. The van der Waals surface area contributed by atoms with Gasteiger partial charge in [0, 0.05) is 0 Å². The summed E-state index contributed by atoms with van der Waals surface area (Å²) < 4.78 is 6.54. The summed E-state index contributed by atoms with van der Waals surface area (Å²) in [6, 6.07) is 27.1. The molecule has 3 heteroatoms. The molecule has 0 spiro atoms. The molecule has 2 nitrogen and oxygen atoms in total. The number of rotatable bonds is 10. The van der Waals surface area contributed by atoms with Crippen molar-refractivity contribution in [3.05, 3.63) is 90.6 Å². The van der Waals surface area contributed by atoms with E-state index >= 15 is 0 Å². The number of benzene rings is 3. The molecule has 0 atom stereocenters. The maximum atomic E-state index is 5.59. The summed E-state index contributed by atoms with van der Waals surface area (Å²) in [7, 11) is 1.70. The Labute approximate surface area is 188 Å². The van der Waals surface area contributed by atoms with E-state index in [1.54, 1.807) is 7.11 Å². The molecule has 158 valence electrons. The summed E-state index contributed by atoms with van der Waals surface area (Å²) in [4.78, 5) is 2.10. The van der Waals surface area contributed by atoms with Crippen molar-refractivity contribution in [3.8, 4) is 16.9 Å². The van der Waals surface area contributed by atoms with Gasteiger partial charge in [0.2, 0.25) is 0 Å². The average Bonchev–Trinajstić information content (AvgIpc) is 2.80. The second-order valence-electron chi connectivity index (χ2n) is 7.14. The third-order valence-electron chi connectivity index (χ3n) is 5.00. The van der Waals surface area contributed by atoms with Crippen LogP contribution >= 0.6 is 0 Å². The molecule has 3 aromatic rings. The molecule has 0 aliphatic rings. The van der Waals surface area contributed by atoms with E-state index < -0.39 is 0 Å². The third kappa shape index (κ3) is 5.94. The number of para-hydroxylation sites is 2. The van der Waals surface area contributed by atoms with Gasteiger partial charge in [-0.15, -0.1) is 0 Å². The molecule has 0 heterocycles. The van der Waals surface area contributed by atoms with Gasteiger partial charge in [-0.2, -0.15) is 0 Å². The number of nitrogens with zero attached hydrogens (tertiary/aromatic N) is 1. The molecule has 0 aromatic heterocycles. The molecular formula is C27H29NNiO. The average molecular weight is 442 g/mol. The van der Waals surface area contributed by atoms with Gasteiger partial charge in [0.15, 0.2) is 0 Å². The Hall–Kier alpha value is -2.64. The molecule has 0 unspecified atom stereocenters.